The monoisotopic (exact) mass is 312 g/mol. The zero-order chi connectivity index (χ0) is 16.2. The molecular weight excluding hydrogens is 292 g/mol. The van der Waals surface area contributed by atoms with Gasteiger partial charge in [-0.25, -0.2) is 4.79 Å². The van der Waals surface area contributed by atoms with Gasteiger partial charge in [-0.2, -0.15) is 0 Å². The Kier molecular flexibility index (Phi) is 4.37. The fourth-order valence-corrected chi connectivity index (χ4v) is 2.68. The maximum absolute atomic E-state index is 11.8. The van der Waals surface area contributed by atoms with Gasteiger partial charge in [-0.05, 0) is 30.7 Å². The Morgan fingerprint density at radius 1 is 1.22 bits per heavy atom. The Balaban J connectivity index is 1.84. The van der Waals surface area contributed by atoms with Crippen molar-refractivity contribution < 1.29 is 14.3 Å². The average Bonchev–Trinajstić information content (AvgIpc) is 3.01. The molecule has 0 aromatic heterocycles. The van der Waals surface area contributed by atoms with E-state index in [1.165, 1.54) is 5.56 Å². The summed E-state index contributed by atoms with van der Waals surface area (Å²) in [6, 6.07) is 16.1. The summed E-state index contributed by atoms with van der Waals surface area (Å²) in [5.41, 5.74) is 2.85. The molecule has 0 saturated carbocycles. The number of amides is 1. The summed E-state index contributed by atoms with van der Waals surface area (Å²) in [5.74, 6) is 0.654. The van der Waals surface area contributed by atoms with Gasteiger partial charge < -0.3 is 14.8 Å². The van der Waals surface area contributed by atoms with Crippen molar-refractivity contribution in [2.24, 2.45) is 0 Å². The Morgan fingerprint density at radius 3 is 2.65 bits per heavy atom. The van der Waals surface area contributed by atoms with Gasteiger partial charge in [0.05, 0.1) is 19.3 Å². The Labute approximate surface area is 135 Å². The summed E-state index contributed by atoms with van der Waals surface area (Å²) < 4.78 is 10.4. The second-order valence-electron chi connectivity index (χ2n) is 5.43. The van der Waals surface area contributed by atoms with Crippen LogP contribution < -0.4 is 15.0 Å². The maximum Gasteiger partial charge on any atom is 0.414 e. The maximum atomic E-state index is 11.8. The van der Waals surface area contributed by atoms with Gasteiger partial charge in [0, 0.05) is 11.7 Å². The second-order valence-corrected chi connectivity index (χ2v) is 5.43. The first-order valence-electron chi connectivity index (χ1n) is 7.63. The first kappa shape index (κ1) is 15.2. The number of anilines is 2. The normalized spacial score (nSPS) is 15.2. The van der Waals surface area contributed by atoms with Crippen LogP contribution in [-0.2, 0) is 4.74 Å². The summed E-state index contributed by atoms with van der Waals surface area (Å²) in [6.45, 7) is 3.04. The SMILES string of the molecule is COc1ccc(N[C@H](C)c2ccccc2)cc1N1CCOC1=O. The van der Waals surface area contributed by atoms with Gasteiger partial charge in [0.25, 0.3) is 0 Å². The molecule has 0 spiro atoms. The van der Waals surface area contributed by atoms with Gasteiger partial charge in [0.2, 0.25) is 0 Å². The number of ether oxygens (including phenoxy) is 2. The number of carbonyl (C=O) groups excluding carboxylic acids is 1. The number of methoxy groups -OCH3 is 1. The van der Waals surface area contributed by atoms with Crippen LogP contribution in [0.1, 0.15) is 18.5 Å². The van der Waals surface area contributed by atoms with E-state index in [-0.39, 0.29) is 12.1 Å². The van der Waals surface area contributed by atoms with Crippen LogP contribution in [0.15, 0.2) is 48.5 Å². The van der Waals surface area contributed by atoms with E-state index in [2.05, 4.69) is 24.4 Å². The van der Waals surface area contributed by atoms with E-state index >= 15 is 0 Å². The third-order valence-corrected chi connectivity index (χ3v) is 3.91. The summed E-state index contributed by atoms with van der Waals surface area (Å²) in [4.78, 5) is 13.4. The number of nitrogens with one attached hydrogen (secondary N) is 1. The summed E-state index contributed by atoms with van der Waals surface area (Å²) in [6.07, 6.45) is -0.337. The molecule has 2 aromatic rings. The van der Waals surface area contributed by atoms with Gasteiger partial charge in [0.15, 0.2) is 0 Å². The van der Waals surface area contributed by atoms with Crippen molar-refractivity contribution in [3.8, 4) is 5.75 Å². The minimum Gasteiger partial charge on any atom is -0.495 e. The van der Waals surface area contributed by atoms with Gasteiger partial charge in [-0.1, -0.05) is 30.3 Å². The standard InChI is InChI=1S/C18H20N2O3/c1-13(14-6-4-3-5-7-14)19-15-8-9-17(22-2)16(12-15)20-10-11-23-18(20)21/h3-9,12-13,19H,10-11H2,1-2H3/t13-/m1/s1. The molecule has 1 heterocycles. The molecule has 120 valence electrons. The minimum atomic E-state index is -0.337. The lowest BCUT2D eigenvalue weighted by Gasteiger charge is -2.20. The molecule has 1 amide bonds. The van der Waals surface area contributed by atoms with E-state index in [1.807, 2.05) is 36.4 Å². The Morgan fingerprint density at radius 2 is 2.00 bits per heavy atom. The molecular formula is C18H20N2O3. The van der Waals surface area contributed by atoms with Crippen LogP contribution in [0.2, 0.25) is 0 Å². The molecule has 1 saturated heterocycles. The topological polar surface area (TPSA) is 50.8 Å². The fourth-order valence-electron chi connectivity index (χ4n) is 2.68. The van der Waals surface area contributed by atoms with Crippen molar-refractivity contribution >= 4 is 17.5 Å². The van der Waals surface area contributed by atoms with Crippen molar-refractivity contribution in [3.63, 3.8) is 0 Å². The smallest absolute Gasteiger partial charge is 0.414 e. The number of carbonyl (C=O) groups is 1. The molecule has 2 aromatic carbocycles. The van der Waals surface area contributed by atoms with E-state index in [4.69, 9.17) is 9.47 Å². The summed E-state index contributed by atoms with van der Waals surface area (Å²) in [7, 11) is 1.60. The van der Waals surface area contributed by atoms with Crippen LogP contribution in [0.3, 0.4) is 0 Å². The van der Waals surface area contributed by atoms with Crippen molar-refractivity contribution in [3.05, 3.63) is 54.1 Å². The molecule has 1 aliphatic rings. The summed E-state index contributed by atoms with van der Waals surface area (Å²) in [5, 5.41) is 3.45. The molecule has 1 N–H and O–H groups in total. The zero-order valence-electron chi connectivity index (χ0n) is 13.3. The fraction of sp³-hybridized carbons (Fsp3) is 0.278. The second kappa shape index (κ2) is 6.60. The van der Waals surface area contributed by atoms with Crippen molar-refractivity contribution in [1.82, 2.24) is 0 Å². The van der Waals surface area contributed by atoms with Crippen LogP contribution in [0.5, 0.6) is 5.75 Å². The lowest BCUT2D eigenvalue weighted by molar-refractivity contribution is 0.181. The van der Waals surface area contributed by atoms with Crippen molar-refractivity contribution in [2.75, 3.05) is 30.5 Å². The molecule has 1 fully saturated rings. The van der Waals surface area contributed by atoms with Crippen LogP contribution in [0.25, 0.3) is 0 Å². The number of cyclic esters (lactones) is 1. The predicted molar refractivity (Wildman–Crippen MR) is 90.2 cm³/mol. The third kappa shape index (κ3) is 3.23. The largest absolute Gasteiger partial charge is 0.495 e. The van der Waals surface area contributed by atoms with Crippen LogP contribution in [0, 0.1) is 0 Å². The molecule has 0 unspecified atom stereocenters. The van der Waals surface area contributed by atoms with Gasteiger partial charge in [-0.3, -0.25) is 4.90 Å². The molecule has 5 nitrogen and oxygen atoms in total. The van der Waals surface area contributed by atoms with Crippen LogP contribution in [0.4, 0.5) is 16.2 Å². The number of benzene rings is 2. The minimum absolute atomic E-state index is 0.156. The zero-order valence-corrected chi connectivity index (χ0v) is 13.3. The van der Waals surface area contributed by atoms with E-state index in [9.17, 15) is 4.79 Å². The molecule has 23 heavy (non-hydrogen) atoms. The Bertz CT molecular complexity index is 688. The Hall–Kier alpha value is -2.69. The molecule has 5 heteroatoms. The van der Waals surface area contributed by atoms with Crippen LogP contribution >= 0.6 is 0 Å². The quantitative estimate of drug-likeness (QED) is 0.911. The lowest BCUT2D eigenvalue weighted by atomic mass is 10.1. The number of hydrogen-bond donors (Lipinski definition) is 1. The van der Waals surface area contributed by atoms with Gasteiger partial charge in [0.1, 0.15) is 12.4 Å². The van der Waals surface area contributed by atoms with E-state index in [1.54, 1.807) is 12.0 Å². The molecule has 3 rings (SSSR count). The number of hydrogen-bond acceptors (Lipinski definition) is 4. The first-order chi connectivity index (χ1) is 11.2. The van der Waals surface area contributed by atoms with Gasteiger partial charge in [-0.15, -0.1) is 0 Å². The van der Waals surface area contributed by atoms with Crippen LogP contribution in [-0.4, -0.2) is 26.4 Å². The lowest BCUT2D eigenvalue weighted by Crippen LogP contribution is -2.24. The van der Waals surface area contributed by atoms with Gasteiger partial charge >= 0.3 is 6.09 Å². The highest BCUT2D eigenvalue weighted by molar-refractivity contribution is 5.92. The predicted octanol–water partition coefficient (Wildman–Crippen LogP) is 3.82. The number of rotatable bonds is 5. The highest BCUT2D eigenvalue weighted by atomic mass is 16.6. The highest BCUT2D eigenvalue weighted by Gasteiger charge is 2.26. The molecule has 0 radical (unpaired) electrons. The highest BCUT2D eigenvalue weighted by Crippen LogP contribution is 2.34. The van der Waals surface area contributed by atoms with E-state index in [0.29, 0.717) is 18.9 Å². The third-order valence-electron chi connectivity index (χ3n) is 3.91. The van der Waals surface area contributed by atoms with E-state index < -0.39 is 0 Å². The van der Waals surface area contributed by atoms with Crippen molar-refractivity contribution in [2.45, 2.75) is 13.0 Å². The average molecular weight is 312 g/mol. The first-order valence-corrected chi connectivity index (χ1v) is 7.63. The molecule has 0 bridgehead atoms. The molecule has 1 aliphatic heterocycles. The van der Waals surface area contributed by atoms with Crippen molar-refractivity contribution in [1.29, 1.82) is 0 Å². The summed E-state index contributed by atoms with van der Waals surface area (Å²) >= 11 is 0. The molecule has 0 aliphatic carbocycles. The van der Waals surface area contributed by atoms with E-state index in [0.717, 1.165) is 11.4 Å². The number of nitrogens with zero attached hydrogens (tertiary/aromatic N) is 1. The molecule has 1 atom stereocenters.